The molecule has 0 amide bonds. The van der Waals surface area contributed by atoms with Gasteiger partial charge in [-0.1, -0.05) is 18.0 Å². The first-order valence-corrected chi connectivity index (χ1v) is 4.65. The summed E-state index contributed by atoms with van der Waals surface area (Å²) in [4.78, 5) is 10.5. The first kappa shape index (κ1) is 10.2. The zero-order valence-electron chi connectivity index (χ0n) is 7.90. The van der Waals surface area contributed by atoms with Crippen molar-refractivity contribution >= 4 is 0 Å². The van der Waals surface area contributed by atoms with Crippen LogP contribution in [0.2, 0.25) is 0 Å². The van der Waals surface area contributed by atoms with Crippen LogP contribution in [0.4, 0.5) is 0 Å². The van der Waals surface area contributed by atoms with Crippen LogP contribution in [-0.2, 0) is 4.74 Å². The third-order valence-corrected chi connectivity index (χ3v) is 2.54. The first-order valence-electron chi connectivity index (χ1n) is 4.65. The van der Waals surface area contributed by atoms with E-state index >= 15 is 0 Å². The van der Waals surface area contributed by atoms with E-state index in [1.807, 2.05) is 0 Å². The van der Waals surface area contributed by atoms with E-state index in [1.165, 1.54) is 0 Å². The summed E-state index contributed by atoms with van der Waals surface area (Å²) in [7, 11) is 0. The van der Waals surface area contributed by atoms with Crippen molar-refractivity contribution in [1.82, 2.24) is 0 Å². The number of ether oxygens (including phenoxy) is 1. The van der Waals surface area contributed by atoms with Gasteiger partial charge in [-0.15, -0.1) is 6.42 Å². The van der Waals surface area contributed by atoms with Gasteiger partial charge >= 0.3 is 0 Å². The molecule has 0 aromatic rings. The molecule has 0 heterocycles. The Morgan fingerprint density at radius 1 is 1.62 bits per heavy atom. The van der Waals surface area contributed by atoms with Crippen molar-refractivity contribution in [2.75, 3.05) is 6.61 Å². The normalized spacial score (nSPS) is 33.7. The van der Waals surface area contributed by atoms with Crippen LogP contribution < -0.4 is 0 Å². The molecule has 1 saturated carbocycles. The second-order valence-corrected chi connectivity index (χ2v) is 3.64. The molecular formula is C10H15NO2. The summed E-state index contributed by atoms with van der Waals surface area (Å²) in [5, 5.41) is 3.07. The Morgan fingerprint density at radius 3 is 3.00 bits per heavy atom. The smallest absolute Gasteiger partial charge is 0.118 e. The Hall–Kier alpha value is -0.880. The number of nitroso groups, excluding NO2 is 1. The lowest BCUT2D eigenvalue weighted by Gasteiger charge is -2.29. The Labute approximate surface area is 78.8 Å². The van der Waals surface area contributed by atoms with Gasteiger partial charge in [-0.3, -0.25) is 0 Å². The summed E-state index contributed by atoms with van der Waals surface area (Å²) >= 11 is 0. The molecule has 0 spiro atoms. The van der Waals surface area contributed by atoms with Crippen molar-refractivity contribution in [3.63, 3.8) is 0 Å². The Balaban J connectivity index is 2.45. The fraction of sp³-hybridized carbons (Fsp3) is 0.800. The van der Waals surface area contributed by atoms with E-state index in [4.69, 9.17) is 11.2 Å². The van der Waals surface area contributed by atoms with Crippen molar-refractivity contribution < 1.29 is 4.74 Å². The highest BCUT2D eigenvalue weighted by Gasteiger charge is 2.29. The van der Waals surface area contributed by atoms with Gasteiger partial charge in [0.1, 0.15) is 12.6 Å². The predicted octanol–water partition coefficient (Wildman–Crippen LogP) is 1.96. The van der Waals surface area contributed by atoms with Crippen molar-refractivity contribution in [1.29, 1.82) is 0 Å². The van der Waals surface area contributed by atoms with Gasteiger partial charge in [-0.2, -0.15) is 4.91 Å². The second-order valence-electron chi connectivity index (χ2n) is 3.64. The van der Waals surface area contributed by atoms with Crippen molar-refractivity contribution in [3.05, 3.63) is 4.91 Å². The van der Waals surface area contributed by atoms with E-state index in [1.54, 1.807) is 0 Å². The largest absolute Gasteiger partial charge is 0.363 e. The second kappa shape index (κ2) is 4.98. The van der Waals surface area contributed by atoms with Gasteiger partial charge in [-0.05, 0) is 25.2 Å². The number of rotatable bonds is 3. The highest BCUT2D eigenvalue weighted by Crippen LogP contribution is 2.28. The summed E-state index contributed by atoms with van der Waals surface area (Å²) in [6.07, 6.45) is 7.82. The fourth-order valence-electron chi connectivity index (χ4n) is 1.77. The molecule has 3 unspecified atom stereocenters. The van der Waals surface area contributed by atoms with Gasteiger partial charge in [-0.25, -0.2) is 0 Å². The number of hydrogen-bond donors (Lipinski definition) is 0. The average molecular weight is 181 g/mol. The van der Waals surface area contributed by atoms with E-state index in [0.717, 1.165) is 19.3 Å². The zero-order chi connectivity index (χ0) is 9.68. The molecule has 1 aliphatic rings. The Bertz CT molecular complexity index is 209. The molecule has 3 nitrogen and oxygen atoms in total. The lowest BCUT2D eigenvalue weighted by Crippen LogP contribution is -2.34. The lowest BCUT2D eigenvalue weighted by molar-refractivity contribution is 0.0205. The molecule has 0 aromatic heterocycles. The van der Waals surface area contributed by atoms with Gasteiger partial charge < -0.3 is 4.74 Å². The fourth-order valence-corrected chi connectivity index (χ4v) is 1.77. The van der Waals surface area contributed by atoms with Crippen LogP contribution in [0.5, 0.6) is 0 Å². The molecule has 0 aliphatic heterocycles. The molecule has 0 radical (unpaired) electrons. The number of terminal acetylenes is 1. The summed E-state index contributed by atoms with van der Waals surface area (Å²) in [6.45, 7) is 2.44. The third kappa shape index (κ3) is 2.82. The summed E-state index contributed by atoms with van der Waals surface area (Å²) in [5.41, 5.74) is 0. The van der Waals surface area contributed by atoms with Gasteiger partial charge in [0.2, 0.25) is 0 Å². The maximum Gasteiger partial charge on any atom is 0.118 e. The minimum atomic E-state index is -0.190. The number of nitrogens with zero attached hydrogens (tertiary/aromatic N) is 1. The summed E-state index contributed by atoms with van der Waals surface area (Å²) in [5.74, 6) is 3.02. The zero-order valence-corrected chi connectivity index (χ0v) is 7.90. The van der Waals surface area contributed by atoms with E-state index < -0.39 is 0 Å². The molecule has 0 N–H and O–H groups in total. The minimum Gasteiger partial charge on any atom is -0.363 e. The molecule has 1 aliphatic carbocycles. The first-order chi connectivity index (χ1) is 6.27. The van der Waals surface area contributed by atoms with Crippen LogP contribution in [0, 0.1) is 23.2 Å². The molecule has 0 bridgehead atoms. The monoisotopic (exact) mass is 181 g/mol. The van der Waals surface area contributed by atoms with Gasteiger partial charge in [0.25, 0.3) is 0 Å². The maximum absolute atomic E-state index is 10.5. The highest BCUT2D eigenvalue weighted by molar-refractivity contribution is 4.88. The highest BCUT2D eigenvalue weighted by atomic mass is 16.5. The summed E-state index contributed by atoms with van der Waals surface area (Å²) in [6, 6.07) is -0.190. The quantitative estimate of drug-likeness (QED) is 0.493. The van der Waals surface area contributed by atoms with Crippen LogP contribution in [0.25, 0.3) is 0 Å². The van der Waals surface area contributed by atoms with Crippen LogP contribution in [0.3, 0.4) is 0 Å². The standard InChI is InChI=1S/C10H15NO2/c1-3-6-13-10-7-8(2)4-5-9(10)11-12/h1,8-10H,4-7H2,2H3. The van der Waals surface area contributed by atoms with Gasteiger partial charge in [0.15, 0.2) is 0 Å². The van der Waals surface area contributed by atoms with Crippen LogP contribution >= 0.6 is 0 Å². The van der Waals surface area contributed by atoms with Crippen LogP contribution in [0.15, 0.2) is 5.18 Å². The van der Waals surface area contributed by atoms with Crippen LogP contribution in [0.1, 0.15) is 26.2 Å². The van der Waals surface area contributed by atoms with E-state index in [-0.39, 0.29) is 18.8 Å². The van der Waals surface area contributed by atoms with Gasteiger partial charge in [0.05, 0.1) is 6.10 Å². The average Bonchev–Trinajstić information content (AvgIpc) is 2.15. The SMILES string of the molecule is C#CCOC1CC(C)CCC1N=O. The van der Waals surface area contributed by atoms with Crippen molar-refractivity contribution in [3.8, 4) is 12.3 Å². The molecule has 3 atom stereocenters. The Kier molecular flexibility index (Phi) is 3.91. The summed E-state index contributed by atoms with van der Waals surface area (Å²) < 4.78 is 5.38. The maximum atomic E-state index is 10.5. The van der Waals surface area contributed by atoms with Gasteiger partial charge in [0, 0.05) is 0 Å². The van der Waals surface area contributed by atoms with E-state index in [9.17, 15) is 4.91 Å². The van der Waals surface area contributed by atoms with E-state index in [0.29, 0.717) is 5.92 Å². The topological polar surface area (TPSA) is 38.7 Å². The minimum absolute atomic E-state index is 0.0581. The molecule has 13 heavy (non-hydrogen) atoms. The van der Waals surface area contributed by atoms with Crippen LogP contribution in [-0.4, -0.2) is 18.8 Å². The molecule has 72 valence electrons. The van der Waals surface area contributed by atoms with Crippen molar-refractivity contribution in [2.24, 2.45) is 11.1 Å². The molecule has 0 aromatic carbocycles. The van der Waals surface area contributed by atoms with Crippen molar-refractivity contribution in [2.45, 2.75) is 38.3 Å². The Morgan fingerprint density at radius 2 is 2.38 bits per heavy atom. The molecule has 0 saturated heterocycles. The lowest BCUT2D eigenvalue weighted by atomic mass is 9.85. The molecule has 1 fully saturated rings. The molecule has 3 heteroatoms. The van der Waals surface area contributed by atoms with E-state index in [2.05, 4.69) is 18.0 Å². The number of hydrogen-bond acceptors (Lipinski definition) is 3. The predicted molar refractivity (Wildman–Crippen MR) is 51.2 cm³/mol. The molecular weight excluding hydrogens is 166 g/mol. The third-order valence-electron chi connectivity index (χ3n) is 2.54. The molecule has 1 rings (SSSR count).